The van der Waals surface area contributed by atoms with Gasteiger partial charge in [-0.1, -0.05) is 25.3 Å². The van der Waals surface area contributed by atoms with E-state index in [-0.39, 0.29) is 23.7 Å². The second-order valence-electron chi connectivity index (χ2n) is 9.91. The van der Waals surface area contributed by atoms with Crippen molar-refractivity contribution in [2.24, 2.45) is 11.1 Å². The zero-order valence-electron chi connectivity index (χ0n) is 19.6. The third-order valence-corrected chi connectivity index (χ3v) is 8.50. The van der Waals surface area contributed by atoms with Crippen molar-refractivity contribution in [1.29, 1.82) is 0 Å². The molecule has 0 atom stereocenters. The minimum Gasteiger partial charge on any atom is -0.316 e. The number of sulfonamides is 2. The van der Waals surface area contributed by atoms with Crippen LogP contribution in [0.5, 0.6) is 0 Å². The van der Waals surface area contributed by atoms with Crippen LogP contribution >= 0.6 is 0 Å². The zero-order chi connectivity index (χ0) is 26.4. The van der Waals surface area contributed by atoms with Gasteiger partial charge < -0.3 is 4.57 Å². The predicted molar refractivity (Wildman–Crippen MR) is 123 cm³/mol. The molecule has 1 fully saturated rings. The van der Waals surface area contributed by atoms with Crippen LogP contribution in [0.4, 0.5) is 17.6 Å². The van der Waals surface area contributed by atoms with Gasteiger partial charge in [0.1, 0.15) is 4.90 Å². The molecular weight excluding hydrogens is 510 g/mol. The van der Waals surface area contributed by atoms with Crippen LogP contribution in [0, 0.1) is 11.9 Å². The highest BCUT2D eigenvalue weighted by atomic mass is 32.2. The smallest absolute Gasteiger partial charge is 0.316 e. The van der Waals surface area contributed by atoms with E-state index in [2.05, 4.69) is 4.72 Å². The number of hydrogen-bond acceptors (Lipinski definition) is 4. The molecule has 1 aromatic heterocycles. The first-order valence-corrected chi connectivity index (χ1v) is 14.1. The molecule has 1 aliphatic rings. The van der Waals surface area contributed by atoms with Gasteiger partial charge >= 0.3 is 6.18 Å². The third-order valence-electron chi connectivity index (χ3n) is 5.78. The third kappa shape index (κ3) is 6.43. The van der Waals surface area contributed by atoms with E-state index < -0.39 is 53.1 Å². The number of halogens is 4. The van der Waals surface area contributed by atoms with Crippen LogP contribution in [0.2, 0.25) is 0 Å². The first-order chi connectivity index (χ1) is 15.9. The molecule has 3 rings (SSSR count). The fourth-order valence-corrected chi connectivity index (χ4v) is 6.60. The number of alkyl halides is 3. The van der Waals surface area contributed by atoms with Gasteiger partial charge in [-0.15, -0.1) is 0 Å². The molecule has 0 bridgehead atoms. The minimum atomic E-state index is -5.06. The fraction of sp³-hybridized carbons (Fsp3) is 0.545. The van der Waals surface area contributed by atoms with Crippen molar-refractivity contribution in [1.82, 2.24) is 9.29 Å². The molecule has 35 heavy (non-hydrogen) atoms. The van der Waals surface area contributed by atoms with Gasteiger partial charge in [-0.3, -0.25) is 0 Å². The highest BCUT2D eigenvalue weighted by Gasteiger charge is 2.39. The molecule has 0 radical (unpaired) electrons. The molecule has 13 heteroatoms. The lowest BCUT2D eigenvalue weighted by atomic mass is 9.89. The molecule has 0 aliphatic heterocycles. The number of primary sulfonamides is 1. The van der Waals surface area contributed by atoms with E-state index >= 15 is 4.39 Å². The van der Waals surface area contributed by atoms with Gasteiger partial charge in [0, 0.05) is 12.1 Å². The lowest BCUT2D eigenvalue weighted by Gasteiger charge is -2.24. The number of nitrogens with two attached hydrogens (primary N) is 1. The van der Waals surface area contributed by atoms with E-state index in [1.165, 1.54) is 20.8 Å². The molecular formula is C22H29F4N3O4S2. The van der Waals surface area contributed by atoms with Gasteiger partial charge in [0.05, 0.1) is 16.2 Å². The number of rotatable bonds is 6. The lowest BCUT2D eigenvalue weighted by Crippen LogP contribution is -2.41. The van der Waals surface area contributed by atoms with E-state index in [9.17, 15) is 30.0 Å². The van der Waals surface area contributed by atoms with Crippen LogP contribution < -0.4 is 9.86 Å². The van der Waals surface area contributed by atoms with Crippen molar-refractivity contribution in [2.75, 3.05) is 0 Å². The van der Waals surface area contributed by atoms with Crippen molar-refractivity contribution in [3.63, 3.8) is 0 Å². The second-order valence-corrected chi connectivity index (χ2v) is 13.1. The summed E-state index contributed by atoms with van der Waals surface area (Å²) in [6.07, 6.45) is -0.670. The van der Waals surface area contributed by atoms with Gasteiger partial charge in [-0.25, -0.2) is 26.7 Å². The summed E-state index contributed by atoms with van der Waals surface area (Å²) in [5.41, 5.74) is -2.80. The van der Waals surface area contributed by atoms with Gasteiger partial charge in [0.2, 0.25) is 26.0 Å². The molecule has 1 aromatic carbocycles. The highest BCUT2D eigenvalue weighted by Crippen LogP contribution is 2.39. The summed E-state index contributed by atoms with van der Waals surface area (Å²) < 4.78 is 110. The number of aromatic nitrogens is 1. The summed E-state index contributed by atoms with van der Waals surface area (Å²) >= 11 is 0. The van der Waals surface area contributed by atoms with Crippen LogP contribution in [0.15, 0.2) is 34.1 Å². The fourth-order valence-electron chi connectivity index (χ4n) is 4.35. The lowest BCUT2D eigenvalue weighted by molar-refractivity contribution is -0.139. The summed E-state index contributed by atoms with van der Waals surface area (Å²) in [6, 6.07) is 3.38. The minimum absolute atomic E-state index is 0.00968. The summed E-state index contributed by atoms with van der Waals surface area (Å²) in [6.45, 7) is 4.52. The quantitative estimate of drug-likeness (QED) is 0.522. The Morgan fingerprint density at radius 2 is 1.60 bits per heavy atom. The van der Waals surface area contributed by atoms with E-state index in [0.717, 1.165) is 54.9 Å². The maximum absolute atomic E-state index is 15.2. The molecule has 0 spiro atoms. The van der Waals surface area contributed by atoms with Crippen molar-refractivity contribution < 1.29 is 34.4 Å². The van der Waals surface area contributed by atoms with Gasteiger partial charge in [0.25, 0.3) is 0 Å². The molecule has 196 valence electrons. The maximum atomic E-state index is 15.2. The normalized spacial score (nSPS) is 16.6. The predicted octanol–water partition coefficient (Wildman–Crippen LogP) is 4.62. The van der Waals surface area contributed by atoms with Crippen molar-refractivity contribution in [3.8, 4) is 11.3 Å². The van der Waals surface area contributed by atoms with E-state index in [4.69, 9.17) is 5.14 Å². The standard InChI is InChI=1S/C22H29F4N3O4S2/c1-21(2,3)28-35(32,33)18-10-9-15(11-16(18)22(24,25)26)17-12-19(34(27,30)31)20(23)29(17)13-14-7-5-4-6-8-14/h9-12,14,28H,4-8,13H2,1-3H3,(H2,27,30,31). The SMILES string of the molecule is CC(C)(C)NS(=O)(=O)c1ccc(-c2cc(S(N)(=O)=O)c(F)n2CC2CCCCC2)cc1C(F)(F)F. The molecule has 7 nitrogen and oxygen atoms in total. The molecule has 0 saturated heterocycles. The second kappa shape index (κ2) is 9.49. The topological polar surface area (TPSA) is 111 Å². The van der Waals surface area contributed by atoms with E-state index in [0.29, 0.717) is 6.07 Å². The molecule has 1 heterocycles. The monoisotopic (exact) mass is 539 g/mol. The Hall–Kier alpha value is -1.96. The Kier molecular flexibility index (Phi) is 7.49. The number of nitrogens with one attached hydrogen (secondary N) is 1. The Morgan fingerprint density at radius 1 is 1.00 bits per heavy atom. The van der Waals surface area contributed by atoms with Gasteiger partial charge in [0.15, 0.2) is 0 Å². The molecule has 1 saturated carbocycles. The number of hydrogen-bond donors (Lipinski definition) is 2. The van der Waals surface area contributed by atoms with Crippen LogP contribution in [-0.2, 0) is 32.8 Å². The Morgan fingerprint density at radius 3 is 2.11 bits per heavy atom. The van der Waals surface area contributed by atoms with E-state index in [1.807, 2.05) is 0 Å². The van der Waals surface area contributed by atoms with Crippen molar-refractivity contribution in [2.45, 2.75) is 80.9 Å². The first-order valence-electron chi connectivity index (χ1n) is 11.1. The molecule has 3 N–H and O–H groups in total. The van der Waals surface area contributed by atoms with Crippen LogP contribution in [0.3, 0.4) is 0 Å². The average molecular weight is 540 g/mol. The average Bonchev–Trinajstić information content (AvgIpc) is 3.02. The maximum Gasteiger partial charge on any atom is 0.417 e. The summed E-state index contributed by atoms with van der Waals surface area (Å²) in [7, 11) is -9.05. The van der Waals surface area contributed by atoms with E-state index in [1.54, 1.807) is 0 Å². The van der Waals surface area contributed by atoms with Crippen molar-refractivity contribution in [3.05, 3.63) is 35.8 Å². The van der Waals surface area contributed by atoms with Crippen LogP contribution in [0.1, 0.15) is 58.4 Å². The molecule has 0 amide bonds. The van der Waals surface area contributed by atoms with Crippen LogP contribution in [-0.4, -0.2) is 26.9 Å². The number of nitrogens with zero attached hydrogens (tertiary/aromatic N) is 1. The zero-order valence-corrected chi connectivity index (χ0v) is 21.2. The summed E-state index contributed by atoms with van der Waals surface area (Å²) in [5, 5.41) is 5.14. The molecule has 1 aliphatic carbocycles. The molecule has 0 unspecified atom stereocenters. The number of benzene rings is 1. The van der Waals surface area contributed by atoms with Crippen LogP contribution in [0.25, 0.3) is 11.3 Å². The molecule has 2 aromatic rings. The Balaban J connectivity index is 2.20. The summed E-state index contributed by atoms with van der Waals surface area (Å²) in [4.78, 5) is -1.82. The Bertz CT molecular complexity index is 1310. The van der Waals surface area contributed by atoms with Gasteiger partial charge in [-0.05, 0) is 63.3 Å². The van der Waals surface area contributed by atoms with Crippen molar-refractivity contribution >= 4 is 20.0 Å². The Labute approximate surface area is 202 Å². The summed E-state index contributed by atoms with van der Waals surface area (Å²) in [5.74, 6) is -1.15. The first kappa shape index (κ1) is 27.6. The largest absolute Gasteiger partial charge is 0.417 e. The van der Waals surface area contributed by atoms with Gasteiger partial charge in [-0.2, -0.15) is 17.6 Å². The highest BCUT2D eigenvalue weighted by molar-refractivity contribution is 7.89.